The van der Waals surface area contributed by atoms with E-state index in [2.05, 4.69) is 6.58 Å². The number of aryl methyl sites for hydroxylation is 1. The van der Waals surface area contributed by atoms with Crippen LogP contribution in [0.1, 0.15) is 25.8 Å². The van der Waals surface area contributed by atoms with Crippen molar-refractivity contribution in [1.29, 1.82) is 0 Å². The predicted octanol–water partition coefficient (Wildman–Crippen LogP) is 2.05. The van der Waals surface area contributed by atoms with Crippen LogP contribution in [0.25, 0.3) is 0 Å². The van der Waals surface area contributed by atoms with E-state index in [1.165, 1.54) is 10.4 Å². The molecule has 1 saturated heterocycles. The van der Waals surface area contributed by atoms with Crippen molar-refractivity contribution in [1.82, 2.24) is 9.21 Å². The molecule has 2 rings (SSSR count). The summed E-state index contributed by atoms with van der Waals surface area (Å²) < 4.78 is 27.1. The summed E-state index contributed by atoms with van der Waals surface area (Å²) >= 11 is 0. The summed E-state index contributed by atoms with van der Waals surface area (Å²) in [6.45, 7) is 8.54. The van der Waals surface area contributed by atoms with Crippen LogP contribution in [0.2, 0.25) is 0 Å². The zero-order valence-corrected chi connectivity index (χ0v) is 14.6. The molecule has 23 heavy (non-hydrogen) atoms. The minimum Gasteiger partial charge on any atom is -0.334 e. The highest BCUT2D eigenvalue weighted by Gasteiger charge is 2.34. The summed E-state index contributed by atoms with van der Waals surface area (Å²) in [5.41, 5.74) is 1.11. The predicted molar refractivity (Wildman–Crippen MR) is 90.6 cm³/mol. The Morgan fingerprint density at radius 3 is 2.43 bits per heavy atom. The summed E-state index contributed by atoms with van der Waals surface area (Å²) in [5, 5.41) is 0. The third kappa shape index (κ3) is 3.64. The number of rotatable bonds is 5. The van der Waals surface area contributed by atoms with Gasteiger partial charge in [-0.3, -0.25) is 4.79 Å². The monoisotopic (exact) mass is 336 g/mol. The van der Waals surface area contributed by atoms with Gasteiger partial charge in [-0.25, -0.2) is 8.42 Å². The molecular weight excluding hydrogens is 312 g/mol. The van der Waals surface area contributed by atoms with Crippen LogP contribution < -0.4 is 0 Å². The van der Waals surface area contributed by atoms with Gasteiger partial charge in [-0.2, -0.15) is 4.31 Å². The smallest absolute Gasteiger partial charge is 0.246 e. The maximum atomic E-state index is 12.8. The molecule has 0 radical (unpaired) electrons. The zero-order chi connectivity index (χ0) is 17.0. The fourth-order valence-electron chi connectivity index (χ4n) is 2.85. The van der Waals surface area contributed by atoms with Gasteiger partial charge in [0, 0.05) is 25.7 Å². The second-order valence-corrected chi connectivity index (χ2v) is 7.60. The average Bonchev–Trinajstić information content (AvgIpc) is 2.60. The van der Waals surface area contributed by atoms with Crippen molar-refractivity contribution in [2.45, 2.75) is 37.6 Å². The highest BCUT2D eigenvalue weighted by molar-refractivity contribution is 7.89. The van der Waals surface area contributed by atoms with Crippen LogP contribution in [0.5, 0.6) is 0 Å². The van der Waals surface area contributed by atoms with Gasteiger partial charge in [0.15, 0.2) is 0 Å². The second-order valence-electron chi connectivity index (χ2n) is 5.66. The highest BCUT2D eigenvalue weighted by atomic mass is 32.2. The molecule has 0 aromatic heterocycles. The van der Waals surface area contributed by atoms with Crippen molar-refractivity contribution in [2.24, 2.45) is 0 Å². The van der Waals surface area contributed by atoms with Crippen LogP contribution in [0.4, 0.5) is 0 Å². The molecule has 0 spiro atoms. The first kappa shape index (κ1) is 17.7. The number of amides is 1. The second kappa shape index (κ2) is 7.27. The first-order valence-corrected chi connectivity index (χ1v) is 9.40. The normalized spacial score (nSPS) is 19.6. The molecule has 1 aliphatic heterocycles. The molecule has 1 amide bonds. The molecule has 0 saturated carbocycles. The third-order valence-electron chi connectivity index (χ3n) is 4.34. The molecule has 5 nitrogen and oxygen atoms in total. The molecule has 6 heteroatoms. The molecule has 1 aliphatic rings. The Morgan fingerprint density at radius 2 is 1.91 bits per heavy atom. The SMILES string of the molecule is C=CC(=O)N1CCN(S(=O)(=O)c2ccc(CC)cc2)C[C@@H]1CC. The van der Waals surface area contributed by atoms with Gasteiger partial charge in [0.25, 0.3) is 0 Å². The van der Waals surface area contributed by atoms with E-state index in [0.717, 1.165) is 12.0 Å². The van der Waals surface area contributed by atoms with Crippen LogP contribution in [0, 0.1) is 0 Å². The molecule has 0 N–H and O–H groups in total. The van der Waals surface area contributed by atoms with Crippen molar-refractivity contribution in [3.8, 4) is 0 Å². The minimum atomic E-state index is -3.52. The Bertz CT molecular complexity index is 668. The molecule has 1 heterocycles. The Morgan fingerprint density at radius 1 is 1.26 bits per heavy atom. The zero-order valence-electron chi connectivity index (χ0n) is 13.7. The molecule has 0 bridgehead atoms. The maximum Gasteiger partial charge on any atom is 0.246 e. The minimum absolute atomic E-state index is 0.112. The lowest BCUT2D eigenvalue weighted by Crippen LogP contribution is -2.55. The Kier molecular flexibility index (Phi) is 5.59. The topological polar surface area (TPSA) is 57.7 Å². The van der Waals surface area contributed by atoms with Gasteiger partial charge in [0.05, 0.1) is 4.90 Å². The van der Waals surface area contributed by atoms with Crippen LogP contribution in [0.15, 0.2) is 41.8 Å². The number of carbonyl (C=O) groups is 1. The fraction of sp³-hybridized carbons (Fsp3) is 0.471. The van der Waals surface area contributed by atoms with Crippen LogP contribution >= 0.6 is 0 Å². The van der Waals surface area contributed by atoms with Crippen LogP contribution in [0.3, 0.4) is 0 Å². The standard InChI is InChI=1S/C17H24N2O3S/c1-4-14-7-9-16(10-8-14)23(21,22)18-11-12-19(17(20)6-3)15(5-2)13-18/h6-10,15H,3-5,11-13H2,1-2H3/t15-/m0/s1. The van der Waals surface area contributed by atoms with E-state index in [4.69, 9.17) is 0 Å². The van der Waals surface area contributed by atoms with E-state index in [0.29, 0.717) is 31.0 Å². The summed E-state index contributed by atoms with van der Waals surface area (Å²) in [7, 11) is -3.52. The number of nitrogens with zero attached hydrogens (tertiary/aromatic N) is 2. The maximum absolute atomic E-state index is 12.8. The molecule has 1 aromatic rings. The first-order valence-electron chi connectivity index (χ1n) is 7.96. The van der Waals surface area contributed by atoms with Gasteiger partial charge in [0.1, 0.15) is 0 Å². The van der Waals surface area contributed by atoms with Crippen molar-refractivity contribution in [3.05, 3.63) is 42.5 Å². The third-order valence-corrected chi connectivity index (χ3v) is 6.22. The number of hydrogen-bond acceptors (Lipinski definition) is 3. The number of hydrogen-bond donors (Lipinski definition) is 0. The van der Waals surface area contributed by atoms with E-state index in [-0.39, 0.29) is 11.9 Å². The fourth-order valence-corrected chi connectivity index (χ4v) is 4.32. The van der Waals surface area contributed by atoms with Crippen LogP contribution in [-0.4, -0.2) is 49.2 Å². The van der Waals surface area contributed by atoms with Gasteiger partial charge in [-0.1, -0.05) is 32.6 Å². The van der Waals surface area contributed by atoms with Gasteiger partial charge in [-0.15, -0.1) is 0 Å². The Hall–Kier alpha value is -1.66. The summed E-state index contributed by atoms with van der Waals surface area (Å²) in [5.74, 6) is -0.138. The number of benzene rings is 1. The highest BCUT2D eigenvalue weighted by Crippen LogP contribution is 2.22. The number of carbonyl (C=O) groups excluding carboxylic acids is 1. The molecular formula is C17H24N2O3S. The lowest BCUT2D eigenvalue weighted by atomic mass is 10.1. The van der Waals surface area contributed by atoms with Gasteiger partial charge in [-0.05, 0) is 36.6 Å². The van der Waals surface area contributed by atoms with Crippen LogP contribution in [-0.2, 0) is 21.2 Å². The van der Waals surface area contributed by atoms with E-state index in [9.17, 15) is 13.2 Å². The molecule has 0 unspecified atom stereocenters. The average molecular weight is 336 g/mol. The van der Waals surface area contributed by atoms with Crippen molar-refractivity contribution < 1.29 is 13.2 Å². The van der Waals surface area contributed by atoms with E-state index < -0.39 is 10.0 Å². The molecule has 1 fully saturated rings. The summed E-state index contributed by atoms with van der Waals surface area (Å²) in [6.07, 6.45) is 2.87. The lowest BCUT2D eigenvalue weighted by Gasteiger charge is -2.40. The number of sulfonamides is 1. The largest absolute Gasteiger partial charge is 0.334 e. The van der Waals surface area contributed by atoms with Crippen molar-refractivity contribution >= 4 is 15.9 Å². The molecule has 1 atom stereocenters. The Balaban J connectivity index is 2.20. The molecule has 1 aromatic carbocycles. The first-order chi connectivity index (χ1) is 10.9. The van der Waals surface area contributed by atoms with Gasteiger partial charge in [0.2, 0.25) is 15.9 Å². The lowest BCUT2D eigenvalue weighted by molar-refractivity contribution is -0.130. The summed E-state index contributed by atoms with van der Waals surface area (Å²) in [6, 6.07) is 6.91. The number of piperazine rings is 1. The quantitative estimate of drug-likeness (QED) is 0.773. The van der Waals surface area contributed by atoms with Gasteiger partial charge < -0.3 is 4.90 Å². The molecule has 126 valence electrons. The Labute approximate surface area is 138 Å². The van der Waals surface area contributed by atoms with E-state index in [1.54, 1.807) is 17.0 Å². The van der Waals surface area contributed by atoms with E-state index >= 15 is 0 Å². The van der Waals surface area contributed by atoms with Crippen molar-refractivity contribution in [3.63, 3.8) is 0 Å². The summed E-state index contributed by atoms with van der Waals surface area (Å²) in [4.78, 5) is 13.9. The van der Waals surface area contributed by atoms with E-state index in [1.807, 2.05) is 26.0 Å². The molecule has 0 aliphatic carbocycles. The van der Waals surface area contributed by atoms with Gasteiger partial charge >= 0.3 is 0 Å². The van der Waals surface area contributed by atoms with Crippen molar-refractivity contribution in [2.75, 3.05) is 19.6 Å².